The minimum absolute atomic E-state index is 0.501. The third-order valence-electron chi connectivity index (χ3n) is 4.50. The zero-order chi connectivity index (χ0) is 16.2. The van der Waals surface area contributed by atoms with Crippen LogP contribution in [0, 0.1) is 11.5 Å². The van der Waals surface area contributed by atoms with Crippen molar-refractivity contribution < 1.29 is 10.0 Å². The summed E-state index contributed by atoms with van der Waals surface area (Å²) in [6.45, 7) is 13.8. The summed E-state index contributed by atoms with van der Waals surface area (Å²) >= 11 is 0. The second-order valence-electron chi connectivity index (χ2n) is 6.64. The SMILES string of the molecule is CC(C)[Si](C#Cc1ccc(B(O)O)cc1)(C(C)C)C(C)C. The van der Waals surface area contributed by atoms with E-state index in [0.717, 1.165) is 5.56 Å². The molecule has 2 nitrogen and oxygen atoms in total. The van der Waals surface area contributed by atoms with Gasteiger partial charge in [0.25, 0.3) is 0 Å². The topological polar surface area (TPSA) is 40.5 Å². The summed E-state index contributed by atoms with van der Waals surface area (Å²) in [6, 6.07) is 7.17. The van der Waals surface area contributed by atoms with Crippen molar-refractivity contribution in [2.75, 3.05) is 0 Å². The van der Waals surface area contributed by atoms with E-state index < -0.39 is 15.2 Å². The first-order valence-corrected chi connectivity index (χ1v) is 9.94. The largest absolute Gasteiger partial charge is 0.488 e. The Bertz CT molecular complexity index is 488. The van der Waals surface area contributed by atoms with Gasteiger partial charge in [0.15, 0.2) is 0 Å². The molecule has 2 N–H and O–H groups in total. The number of hydrogen-bond donors (Lipinski definition) is 2. The van der Waals surface area contributed by atoms with Crippen molar-refractivity contribution in [3.63, 3.8) is 0 Å². The Labute approximate surface area is 130 Å². The third-order valence-corrected chi connectivity index (χ3v) is 10.8. The van der Waals surface area contributed by atoms with Crippen LogP contribution in [0.1, 0.15) is 47.1 Å². The molecule has 0 fully saturated rings. The average Bonchev–Trinajstić information content (AvgIpc) is 2.38. The maximum absolute atomic E-state index is 9.12. The molecule has 0 unspecified atom stereocenters. The maximum atomic E-state index is 9.12. The predicted molar refractivity (Wildman–Crippen MR) is 94.2 cm³/mol. The molecule has 114 valence electrons. The Morgan fingerprint density at radius 3 is 1.62 bits per heavy atom. The van der Waals surface area contributed by atoms with Gasteiger partial charge in [-0.25, -0.2) is 0 Å². The fourth-order valence-electron chi connectivity index (χ4n) is 3.35. The Kier molecular flexibility index (Phi) is 6.27. The normalized spacial score (nSPS) is 11.8. The monoisotopic (exact) mass is 302 g/mol. The highest BCUT2D eigenvalue weighted by Crippen LogP contribution is 2.40. The highest BCUT2D eigenvalue weighted by atomic mass is 28.3. The summed E-state index contributed by atoms with van der Waals surface area (Å²) in [6.07, 6.45) is 0. The smallest absolute Gasteiger partial charge is 0.423 e. The van der Waals surface area contributed by atoms with Crippen LogP contribution >= 0.6 is 0 Å². The second-order valence-corrected chi connectivity index (χ2v) is 12.2. The van der Waals surface area contributed by atoms with E-state index in [-0.39, 0.29) is 0 Å². The van der Waals surface area contributed by atoms with Crippen LogP contribution in [0.15, 0.2) is 24.3 Å². The summed E-state index contributed by atoms with van der Waals surface area (Å²) in [7, 11) is -3.12. The van der Waals surface area contributed by atoms with Crippen LogP contribution in [0.25, 0.3) is 0 Å². The van der Waals surface area contributed by atoms with Gasteiger partial charge in [-0.1, -0.05) is 59.6 Å². The van der Waals surface area contributed by atoms with Crippen LogP contribution < -0.4 is 5.46 Å². The van der Waals surface area contributed by atoms with Crippen molar-refractivity contribution in [2.24, 2.45) is 0 Å². The van der Waals surface area contributed by atoms with Gasteiger partial charge in [0.2, 0.25) is 0 Å². The van der Waals surface area contributed by atoms with Crippen molar-refractivity contribution in [3.05, 3.63) is 29.8 Å². The third kappa shape index (κ3) is 4.00. The maximum Gasteiger partial charge on any atom is 0.488 e. The van der Waals surface area contributed by atoms with E-state index in [1.54, 1.807) is 12.1 Å². The van der Waals surface area contributed by atoms with Gasteiger partial charge in [-0.2, -0.15) is 0 Å². The molecular weight excluding hydrogens is 275 g/mol. The lowest BCUT2D eigenvalue weighted by Crippen LogP contribution is -2.43. The minimum Gasteiger partial charge on any atom is -0.423 e. The molecular formula is C17H27BO2Si. The lowest BCUT2D eigenvalue weighted by atomic mass is 9.80. The number of benzene rings is 1. The lowest BCUT2D eigenvalue weighted by molar-refractivity contribution is 0.426. The molecule has 4 heteroatoms. The zero-order valence-corrected chi connectivity index (χ0v) is 15.0. The van der Waals surface area contributed by atoms with E-state index in [1.807, 2.05) is 12.1 Å². The van der Waals surface area contributed by atoms with Crippen LogP contribution in [-0.2, 0) is 0 Å². The first-order chi connectivity index (χ1) is 9.71. The molecule has 0 aliphatic rings. The first kappa shape index (κ1) is 18.0. The minimum atomic E-state index is -1.71. The Balaban J connectivity index is 3.16. The van der Waals surface area contributed by atoms with E-state index in [4.69, 9.17) is 10.0 Å². The molecule has 0 spiro atoms. The van der Waals surface area contributed by atoms with Gasteiger partial charge >= 0.3 is 7.12 Å². The molecule has 0 radical (unpaired) electrons. The lowest BCUT2D eigenvalue weighted by Gasteiger charge is -2.38. The van der Waals surface area contributed by atoms with Crippen LogP contribution in [0.4, 0.5) is 0 Å². The molecule has 1 aromatic rings. The fraction of sp³-hybridized carbons (Fsp3) is 0.529. The molecule has 1 aromatic carbocycles. The van der Waals surface area contributed by atoms with Crippen molar-refractivity contribution in [3.8, 4) is 11.5 Å². The Hall–Kier alpha value is -1.02. The molecule has 0 aliphatic heterocycles. The molecule has 1 rings (SSSR count). The van der Waals surface area contributed by atoms with Gasteiger partial charge in [0.05, 0.1) is 0 Å². The Morgan fingerprint density at radius 2 is 1.29 bits per heavy atom. The molecule has 0 aliphatic carbocycles. The number of rotatable bonds is 4. The van der Waals surface area contributed by atoms with Crippen molar-refractivity contribution >= 4 is 20.7 Å². The summed E-state index contributed by atoms with van der Waals surface area (Å²) in [5.74, 6) is 3.34. The molecule has 21 heavy (non-hydrogen) atoms. The predicted octanol–water partition coefficient (Wildman–Crippen LogP) is 2.94. The van der Waals surface area contributed by atoms with E-state index in [1.165, 1.54) is 0 Å². The van der Waals surface area contributed by atoms with Gasteiger partial charge in [0.1, 0.15) is 8.07 Å². The highest BCUT2D eigenvalue weighted by Gasteiger charge is 2.41. The summed E-state index contributed by atoms with van der Waals surface area (Å²) in [4.78, 5) is 0. The van der Waals surface area contributed by atoms with Gasteiger partial charge in [-0.3, -0.25) is 0 Å². The van der Waals surface area contributed by atoms with Crippen LogP contribution in [0.2, 0.25) is 16.6 Å². The van der Waals surface area contributed by atoms with E-state index in [2.05, 4.69) is 53.0 Å². The van der Waals surface area contributed by atoms with Gasteiger partial charge in [-0.15, -0.1) is 5.54 Å². The van der Waals surface area contributed by atoms with Gasteiger partial charge < -0.3 is 10.0 Å². The van der Waals surface area contributed by atoms with Crippen LogP contribution in [0.5, 0.6) is 0 Å². The van der Waals surface area contributed by atoms with Crippen molar-refractivity contribution in [1.29, 1.82) is 0 Å². The molecule has 0 saturated heterocycles. The molecule has 0 aromatic heterocycles. The van der Waals surface area contributed by atoms with Gasteiger partial charge in [-0.05, 0) is 34.2 Å². The van der Waals surface area contributed by atoms with Crippen molar-refractivity contribution in [1.82, 2.24) is 0 Å². The first-order valence-electron chi connectivity index (χ1n) is 7.71. The molecule has 0 heterocycles. The second kappa shape index (κ2) is 7.31. The average molecular weight is 302 g/mol. The summed E-state index contributed by atoms with van der Waals surface area (Å²) in [5.41, 5.74) is 6.95. The van der Waals surface area contributed by atoms with Crippen LogP contribution in [0.3, 0.4) is 0 Å². The summed E-state index contributed by atoms with van der Waals surface area (Å²) < 4.78 is 0. The standard InChI is InChI=1S/C17H27BO2Si/c1-13(2)21(14(3)4,15(5)6)12-11-16-7-9-17(10-8-16)18(19)20/h7-10,13-15,19-20H,1-6H3. The van der Waals surface area contributed by atoms with Crippen LogP contribution in [-0.4, -0.2) is 25.2 Å². The highest BCUT2D eigenvalue weighted by molar-refractivity contribution is 6.90. The molecule has 0 saturated carbocycles. The molecule has 0 atom stereocenters. The van der Waals surface area contributed by atoms with E-state index in [0.29, 0.717) is 22.1 Å². The van der Waals surface area contributed by atoms with Gasteiger partial charge in [0, 0.05) is 5.56 Å². The Morgan fingerprint density at radius 1 is 0.857 bits per heavy atom. The molecule has 0 amide bonds. The zero-order valence-electron chi connectivity index (χ0n) is 14.0. The molecule has 0 bridgehead atoms. The summed E-state index contributed by atoms with van der Waals surface area (Å²) in [5, 5.41) is 18.2. The van der Waals surface area contributed by atoms with Crippen molar-refractivity contribution in [2.45, 2.75) is 58.2 Å². The number of hydrogen-bond acceptors (Lipinski definition) is 2. The fourth-order valence-corrected chi connectivity index (χ4v) is 8.58. The quantitative estimate of drug-likeness (QED) is 0.663. The van der Waals surface area contributed by atoms with E-state index >= 15 is 0 Å². The van der Waals surface area contributed by atoms with E-state index in [9.17, 15) is 0 Å².